The third-order valence-corrected chi connectivity index (χ3v) is 7.98. The lowest BCUT2D eigenvalue weighted by atomic mass is 10.0. The van der Waals surface area contributed by atoms with Crippen molar-refractivity contribution in [3.8, 4) is 11.8 Å². The largest absolute Gasteiger partial charge is 0.372 e. The van der Waals surface area contributed by atoms with Crippen molar-refractivity contribution in [3.05, 3.63) is 28.0 Å². The second kappa shape index (κ2) is 8.78. The van der Waals surface area contributed by atoms with E-state index in [4.69, 9.17) is 4.52 Å². The van der Waals surface area contributed by atoms with Crippen LogP contribution in [0.1, 0.15) is 42.2 Å². The predicted molar refractivity (Wildman–Crippen MR) is 128 cm³/mol. The number of thiophene rings is 1. The number of fused-ring (bicyclic) bond motifs is 1. The van der Waals surface area contributed by atoms with Crippen molar-refractivity contribution in [2.75, 3.05) is 17.7 Å². The van der Waals surface area contributed by atoms with Crippen LogP contribution in [0.2, 0.25) is 0 Å². The van der Waals surface area contributed by atoms with Gasteiger partial charge < -0.3 is 19.8 Å². The Morgan fingerprint density at radius 1 is 1.36 bits per heavy atom. The number of amides is 2. The molecule has 0 spiro atoms. The first-order valence-electron chi connectivity index (χ1n) is 10.2. The van der Waals surface area contributed by atoms with E-state index in [1.165, 1.54) is 23.1 Å². The number of hydrogen-bond donors (Lipinski definition) is 2. The van der Waals surface area contributed by atoms with E-state index in [0.717, 1.165) is 26.0 Å². The molecular formula is C22H23N5O4S2. The molecule has 2 N–H and O–H groups in total. The number of aliphatic hydroxyl groups is 1. The fourth-order valence-corrected chi connectivity index (χ4v) is 5.86. The van der Waals surface area contributed by atoms with E-state index >= 15 is 0 Å². The summed E-state index contributed by atoms with van der Waals surface area (Å²) in [6, 6.07) is 0.965. The molecule has 0 radical (unpaired) electrons. The number of anilines is 1. The van der Waals surface area contributed by atoms with Crippen LogP contribution in [0.4, 0.5) is 5.00 Å². The van der Waals surface area contributed by atoms with Crippen LogP contribution in [0.3, 0.4) is 0 Å². The third kappa shape index (κ3) is 4.59. The fraction of sp³-hybridized carbons (Fsp3) is 0.409. The van der Waals surface area contributed by atoms with E-state index in [2.05, 4.69) is 32.5 Å². The normalized spacial score (nSPS) is 19.6. The minimum Gasteiger partial charge on any atom is -0.372 e. The number of nitrogens with zero attached hydrogens (tertiary/aromatic N) is 4. The van der Waals surface area contributed by atoms with Gasteiger partial charge in [0.15, 0.2) is 5.60 Å². The second-order valence-corrected chi connectivity index (χ2v) is 10.2. The van der Waals surface area contributed by atoms with Crippen LogP contribution >= 0.6 is 23.1 Å². The molecule has 2 aromatic heterocycles. The minimum absolute atomic E-state index is 0.211. The highest BCUT2D eigenvalue weighted by molar-refractivity contribution is 7.99. The number of aromatic nitrogens is 1. The molecule has 0 unspecified atom stereocenters. The summed E-state index contributed by atoms with van der Waals surface area (Å²) < 4.78 is 5.04. The number of likely N-dealkylation sites (N-methyl/N-ethyl adjacent to an activating group) is 1. The summed E-state index contributed by atoms with van der Waals surface area (Å²) in [6.07, 6.45) is 0.391. The molecule has 11 heteroatoms. The molecule has 9 nitrogen and oxygen atoms in total. The van der Waals surface area contributed by atoms with E-state index in [1.54, 1.807) is 38.8 Å². The second-order valence-electron chi connectivity index (χ2n) is 8.13. The van der Waals surface area contributed by atoms with Gasteiger partial charge in [-0.05, 0) is 33.3 Å². The van der Waals surface area contributed by atoms with Crippen LogP contribution in [-0.2, 0) is 15.2 Å². The van der Waals surface area contributed by atoms with E-state index in [0.29, 0.717) is 29.3 Å². The van der Waals surface area contributed by atoms with Gasteiger partial charge in [0.05, 0.1) is 4.88 Å². The molecule has 0 bridgehead atoms. The van der Waals surface area contributed by atoms with Gasteiger partial charge in [-0.3, -0.25) is 9.59 Å². The van der Waals surface area contributed by atoms with E-state index < -0.39 is 11.6 Å². The molecule has 2 aromatic rings. The summed E-state index contributed by atoms with van der Waals surface area (Å²) in [5, 5.41) is 25.9. The summed E-state index contributed by atoms with van der Waals surface area (Å²) in [4.78, 5) is 28.8. The summed E-state index contributed by atoms with van der Waals surface area (Å²) in [7, 11) is 1.69. The maximum absolute atomic E-state index is 13.1. The van der Waals surface area contributed by atoms with Crippen molar-refractivity contribution in [1.29, 1.82) is 0 Å². The number of thioether (sulfide) groups is 1. The Morgan fingerprint density at radius 3 is 2.76 bits per heavy atom. The molecule has 4 heterocycles. The van der Waals surface area contributed by atoms with Crippen LogP contribution in [0.5, 0.6) is 0 Å². The first kappa shape index (κ1) is 23.2. The third-order valence-electron chi connectivity index (χ3n) is 5.28. The van der Waals surface area contributed by atoms with Gasteiger partial charge in [0, 0.05) is 35.9 Å². The quantitative estimate of drug-likeness (QED) is 0.644. The molecule has 0 aliphatic carbocycles. The molecule has 2 amide bonds. The first-order valence-corrected chi connectivity index (χ1v) is 12.0. The molecule has 0 saturated heterocycles. The highest BCUT2D eigenvalue weighted by Gasteiger charge is 2.34. The molecule has 33 heavy (non-hydrogen) atoms. The van der Waals surface area contributed by atoms with Crippen LogP contribution in [0, 0.1) is 25.7 Å². The zero-order valence-corrected chi connectivity index (χ0v) is 20.5. The molecular weight excluding hydrogens is 462 g/mol. The monoisotopic (exact) mass is 485 g/mol. The Kier molecular flexibility index (Phi) is 6.18. The Labute approximate surface area is 199 Å². The van der Waals surface area contributed by atoms with E-state index in [-0.39, 0.29) is 11.8 Å². The zero-order valence-electron chi connectivity index (χ0n) is 18.8. The van der Waals surface area contributed by atoms with Crippen LogP contribution < -0.4 is 10.2 Å². The smallest absolute Gasteiger partial charge is 0.268 e. The Hall–Kier alpha value is -2.94. The fourth-order valence-electron chi connectivity index (χ4n) is 3.33. The van der Waals surface area contributed by atoms with Crippen LogP contribution in [0.15, 0.2) is 25.7 Å². The minimum atomic E-state index is -1.47. The molecule has 2 aliphatic rings. The number of rotatable bonds is 3. The van der Waals surface area contributed by atoms with Gasteiger partial charge in [-0.1, -0.05) is 17.0 Å². The van der Waals surface area contributed by atoms with Crippen LogP contribution in [0.25, 0.3) is 0 Å². The first-order chi connectivity index (χ1) is 15.6. The van der Waals surface area contributed by atoms with Crippen molar-refractivity contribution < 1.29 is 19.2 Å². The maximum Gasteiger partial charge on any atom is 0.268 e. The van der Waals surface area contributed by atoms with Crippen molar-refractivity contribution >= 4 is 51.3 Å². The summed E-state index contributed by atoms with van der Waals surface area (Å²) in [5.41, 5.74) is 0.880. The van der Waals surface area contributed by atoms with Gasteiger partial charge >= 0.3 is 0 Å². The van der Waals surface area contributed by atoms with Crippen molar-refractivity contribution in [2.24, 2.45) is 10.2 Å². The van der Waals surface area contributed by atoms with Crippen molar-refractivity contribution in [2.45, 2.75) is 50.7 Å². The van der Waals surface area contributed by atoms with E-state index in [9.17, 15) is 14.7 Å². The summed E-state index contributed by atoms with van der Waals surface area (Å²) in [5.74, 6) is 6.30. The number of nitrogens with one attached hydrogen (secondary N) is 1. The summed E-state index contributed by atoms with van der Waals surface area (Å²) >= 11 is 2.87. The number of carbonyl (C=O) groups is 2. The number of carbonyl (C=O) groups excluding carboxylic acids is 2. The molecule has 2 atom stereocenters. The topological polar surface area (TPSA) is 120 Å². The van der Waals surface area contributed by atoms with Gasteiger partial charge in [0.1, 0.15) is 28.2 Å². The van der Waals surface area contributed by atoms with E-state index in [1.807, 2.05) is 6.92 Å². The zero-order chi connectivity index (χ0) is 23.9. The lowest BCUT2D eigenvalue weighted by Gasteiger charge is -2.20. The molecule has 0 fully saturated rings. The summed E-state index contributed by atoms with van der Waals surface area (Å²) in [6.45, 7) is 7.05. The number of aryl methyl sites for hydroxylation is 1. The molecule has 172 valence electrons. The van der Waals surface area contributed by atoms with Crippen LogP contribution in [-0.4, -0.2) is 52.3 Å². The Morgan fingerprint density at radius 2 is 2.12 bits per heavy atom. The SMILES string of the molecule is CC1=NN=C(C(=O)N[C@H]2CSc3c(sc(C#C[C@@](C)(O)c4cc(C)on4)c3C)N(C)C2=O)C1. The van der Waals surface area contributed by atoms with Gasteiger partial charge in [-0.2, -0.15) is 5.10 Å². The lowest BCUT2D eigenvalue weighted by Crippen LogP contribution is -2.49. The van der Waals surface area contributed by atoms with Gasteiger partial charge in [0.25, 0.3) is 11.8 Å². The Bertz CT molecular complexity index is 1260. The van der Waals surface area contributed by atoms with Gasteiger partial charge in [0.2, 0.25) is 0 Å². The van der Waals surface area contributed by atoms with Crippen molar-refractivity contribution in [3.63, 3.8) is 0 Å². The molecule has 0 saturated carbocycles. The molecule has 0 aromatic carbocycles. The van der Waals surface area contributed by atoms with Gasteiger partial charge in [-0.15, -0.1) is 28.2 Å². The highest BCUT2D eigenvalue weighted by Crippen LogP contribution is 2.44. The highest BCUT2D eigenvalue weighted by atomic mass is 32.2. The average molecular weight is 486 g/mol. The van der Waals surface area contributed by atoms with Crippen molar-refractivity contribution in [1.82, 2.24) is 10.5 Å². The standard InChI is InChI=1S/C22H23N5O4S2/c1-11-8-14(25-24-11)19(28)23-15-10-32-18-13(3)16(33-21(18)27(5)20(15)29)6-7-22(4,30)17-9-12(2)31-26-17/h9,15,30H,8,10H2,1-5H3,(H,23,28)/t15-,22+/m0/s1. The maximum atomic E-state index is 13.1. The van der Waals surface area contributed by atoms with Gasteiger partial charge in [-0.25, -0.2) is 0 Å². The molecule has 4 rings (SSSR count). The molecule has 2 aliphatic heterocycles. The lowest BCUT2D eigenvalue weighted by molar-refractivity contribution is -0.123. The number of hydrogen-bond acceptors (Lipinski definition) is 9. The Balaban J connectivity index is 1.53. The predicted octanol–water partition coefficient (Wildman–Crippen LogP) is 2.39. The average Bonchev–Trinajstić information content (AvgIpc) is 3.46.